The fourth-order valence-electron chi connectivity index (χ4n) is 4.27. The summed E-state index contributed by atoms with van der Waals surface area (Å²) in [5.74, 6) is -1.48. The monoisotopic (exact) mass is 538 g/mol. The average molecular weight is 539 g/mol. The number of rotatable bonds is 9. The van der Waals surface area contributed by atoms with E-state index in [0.717, 1.165) is 16.2 Å². The highest BCUT2D eigenvalue weighted by Crippen LogP contribution is 2.35. The third kappa shape index (κ3) is 5.16. The van der Waals surface area contributed by atoms with Gasteiger partial charge >= 0.3 is 12.0 Å². The normalized spacial score (nSPS) is 16.4. The first-order valence-corrected chi connectivity index (χ1v) is 12.4. The van der Waals surface area contributed by atoms with Gasteiger partial charge in [-0.25, -0.2) is 19.5 Å². The molecular weight excluding hydrogens is 512 g/mol. The van der Waals surface area contributed by atoms with Gasteiger partial charge in [-0.05, 0) is 29.3 Å². The molecule has 12 heteroatoms. The third-order valence-corrected chi connectivity index (χ3v) is 6.96. The Labute approximate surface area is 222 Å². The topological polar surface area (TPSA) is 136 Å². The van der Waals surface area contributed by atoms with Crippen LogP contribution >= 0.6 is 11.3 Å². The van der Waals surface area contributed by atoms with E-state index in [1.165, 1.54) is 26.7 Å². The molecule has 1 aliphatic heterocycles. The zero-order valence-corrected chi connectivity index (χ0v) is 21.9. The molecule has 2 N–H and O–H groups in total. The number of hydrogen-bond acceptors (Lipinski definition) is 9. The second-order valence-corrected chi connectivity index (χ2v) is 9.22. The number of esters is 1. The molecule has 0 saturated carbocycles. The number of amides is 4. The predicted molar refractivity (Wildman–Crippen MR) is 138 cm³/mol. The molecule has 0 radical (unpaired) electrons. The van der Waals surface area contributed by atoms with Gasteiger partial charge in [0.1, 0.15) is 23.6 Å². The van der Waals surface area contributed by atoms with Crippen LogP contribution in [-0.2, 0) is 14.3 Å². The molecule has 1 fully saturated rings. The number of carbonyl (C=O) groups excluding carboxylic acids is 4. The molecule has 4 amide bonds. The van der Waals surface area contributed by atoms with Crippen molar-refractivity contribution in [3.63, 3.8) is 0 Å². The Hall–Kier alpha value is -4.45. The summed E-state index contributed by atoms with van der Waals surface area (Å²) >= 11 is 1.01. The van der Waals surface area contributed by atoms with Gasteiger partial charge in [-0.15, -0.1) is 11.3 Å². The van der Waals surface area contributed by atoms with Crippen LogP contribution in [0.4, 0.5) is 9.93 Å². The highest BCUT2D eigenvalue weighted by Gasteiger charge is 2.48. The lowest BCUT2D eigenvalue weighted by Gasteiger charge is -2.30. The van der Waals surface area contributed by atoms with Crippen molar-refractivity contribution in [2.45, 2.75) is 24.9 Å². The summed E-state index contributed by atoms with van der Waals surface area (Å²) in [4.78, 5) is 57.3. The van der Waals surface area contributed by atoms with E-state index >= 15 is 0 Å². The first-order valence-electron chi connectivity index (χ1n) is 11.5. The van der Waals surface area contributed by atoms with Gasteiger partial charge in [-0.1, -0.05) is 37.3 Å². The average Bonchev–Trinajstić information content (AvgIpc) is 3.52. The maximum atomic E-state index is 13.7. The molecule has 4 rings (SSSR count). The van der Waals surface area contributed by atoms with E-state index in [1.807, 2.05) is 0 Å². The number of carbonyl (C=O) groups is 4. The molecule has 2 aromatic carbocycles. The van der Waals surface area contributed by atoms with Crippen LogP contribution in [0.5, 0.6) is 11.5 Å². The van der Waals surface area contributed by atoms with Gasteiger partial charge in [0.25, 0.3) is 5.91 Å². The fourth-order valence-corrected chi connectivity index (χ4v) is 4.95. The summed E-state index contributed by atoms with van der Waals surface area (Å²) < 4.78 is 15.3. The number of hydrogen-bond donors (Lipinski definition) is 2. The maximum absolute atomic E-state index is 13.7. The van der Waals surface area contributed by atoms with Crippen molar-refractivity contribution in [3.05, 3.63) is 70.7 Å². The Kier molecular flexibility index (Phi) is 7.91. The zero-order valence-electron chi connectivity index (χ0n) is 21.1. The number of methoxy groups -OCH3 is 3. The van der Waals surface area contributed by atoms with Crippen molar-refractivity contribution < 1.29 is 33.4 Å². The van der Waals surface area contributed by atoms with Crippen molar-refractivity contribution in [3.8, 4) is 11.5 Å². The van der Waals surface area contributed by atoms with Crippen molar-refractivity contribution in [1.82, 2.24) is 15.2 Å². The molecular formula is C26H26N4O7S. The molecule has 1 saturated heterocycles. The van der Waals surface area contributed by atoms with Gasteiger partial charge in [-0.3, -0.25) is 9.59 Å². The van der Waals surface area contributed by atoms with E-state index in [1.54, 1.807) is 55.5 Å². The van der Waals surface area contributed by atoms with Crippen LogP contribution in [0.1, 0.15) is 40.5 Å². The van der Waals surface area contributed by atoms with E-state index in [-0.39, 0.29) is 10.8 Å². The van der Waals surface area contributed by atoms with Gasteiger partial charge in [0.15, 0.2) is 10.8 Å². The summed E-state index contributed by atoms with van der Waals surface area (Å²) in [7, 11) is 4.25. The Morgan fingerprint density at radius 3 is 2.42 bits per heavy atom. The van der Waals surface area contributed by atoms with Crippen molar-refractivity contribution in [2.24, 2.45) is 0 Å². The van der Waals surface area contributed by atoms with E-state index in [9.17, 15) is 19.2 Å². The molecule has 1 unspecified atom stereocenters. The van der Waals surface area contributed by atoms with Crippen LogP contribution in [0.3, 0.4) is 0 Å². The van der Waals surface area contributed by atoms with Crippen LogP contribution < -0.4 is 20.1 Å². The van der Waals surface area contributed by atoms with Crippen molar-refractivity contribution in [2.75, 3.05) is 26.6 Å². The Morgan fingerprint density at radius 2 is 1.76 bits per heavy atom. The number of para-hydroxylation sites is 1. The second kappa shape index (κ2) is 11.3. The number of nitrogens with one attached hydrogen (secondary N) is 2. The minimum absolute atomic E-state index is 0.0247. The quantitative estimate of drug-likeness (QED) is 0.313. The minimum Gasteiger partial charge on any atom is -0.497 e. The molecule has 0 spiro atoms. The van der Waals surface area contributed by atoms with Crippen LogP contribution in [0.15, 0.2) is 53.9 Å². The number of benzene rings is 2. The molecule has 2 heterocycles. The molecule has 0 bridgehead atoms. The summed E-state index contributed by atoms with van der Waals surface area (Å²) in [6, 6.07) is 10.8. The van der Waals surface area contributed by atoms with Crippen molar-refractivity contribution >= 4 is 40.3 Å². The molecule has 198 valence electrons. The highest BCUT2D eigenvalue weighted by molar-refractivity contribution is 7.14. The Balaban J connectivity index is 1.69. The third-order valence-electron chi connectivity index (χ3n) is 6.20. The minimum atomic E-state index is -1.27. The van der Waals surface area contributed by atoms with Crippen molar-refractivity contribution in [1.29, 1.82) is 0 Å². The van der Waals surface area contributed by atoms with Gasteiger partial charge in [0.2, 0.25) is 5.91 Å². The second-order valence-electron chi connectivity index (χ2n) is 8.36. The number of thiazole rings is 1. The lowest BCUT2D eigenvalue weighted by molar-refractivity contribution is -0.134. The van der Waals surface area contributed by atoms with Crippen LogP contribution in [0.25, 0.3) is 0 Å². The number of urea groups is 1. The van der Waals surface area contributed by atoms with Gasteiger partial charge in [0.05, 0.1) is 21.3 Å². The first-order chi connectivity index (χ1) is 18.3. The van der Waals surface area contributed by atoms with Crippen LogP contribution in [-0.4, -0.2) is 61.1 Å². The van der Waals surface area contributed by atoms with Crippen LogP contribution in [0.2, 0.25) is 0 Å². The first kappa shape index (κ1) is 26.6. The lowest BCUT2D eigenvalue weighted by atomic mass is 9.90. The fraction of sp³-hybridized carbons (Fsp3) is 0.269. The Bertz CT molecular complexity index is 1360. The molecule has 3 atom stereocenters. The number of nitrogens with zero attached hydrogens (tertiary/aromatic N) is 2. The molecule has 38 heavy (non-hydrogen) atoms. The number of imide groups is 1. The summed E-state index contributed by atoms with van der Waals surface area (Å²) in [5, 5.41) is 6.88. The largest absolute Gasteiger partial charge is 0.497 e. The predicted octanol–water partition coefficient (Wildman–Crippen LogP) is 3.35. The summed E-state index contributed by atoms with van der Waals surface area (Å²) in [6.45, 7) is 1.73. The van der Waals surface area contributed by atoms with E-state index in [0.29, 0.717) is 22.6 Å². The lowest BCUT2D eigenvalue weighted by Crippen LogP contribution is -2.50. The number of ether oxygens (including phenoxy) is 3. The highest BCUT2D eigenvalue weighted by atomic mass is 32.1. The zero-order chi connectivity index (χ0) is 27.4. The SMILES string of the molecule is COC(=O)c1csc(NC(=O)[C@H]([C@@H](C)c2ccccc2OC)N2C(=O)NC(c3ccc(OC)cc3)C2=O)n1. The summed E-state index contributed by atoms with van der Waals surface area (Å²) in [5.41, 5.74) is 1.19. The molecule has 0 aliphatic carbocycles. The molecule has 3 aromatic rings. The number of anilines is 1. The van der Waals surface area contributed by atoms with Gasteiger partial charge in [0, 0.05) is 11.3 Å². The maximum Gasteiger partial charge on any atom is 0.357 e. The van der Waals surface area contributed by atoms with Crippen LogP contribution in [0, 0.1) is 0 Å². The Morgan fingerprint density at radius 1 is 1.05 bits per heavy atom. The van der Waals surface area contributed by atoms with E-state index < -0.39 is 41.8 Å². The summed E-state index contributed by atoms with van der Waals surface area (Å²) in [6.07, 6.45) is 0. The number of aromatic nitrogens is 1. The molecule has 1 aromatic heterocycles. The van der Waals surface area contributed by atoms with E-state index in [4.69, 9.17) is 9.47 Å². The standard InChI is InChI=1S/C26H26N4O7S/c1-14(17-7-5-6-8-19(17)36-3)21(22(31)29-25-27-18(13-38-25)24(33)37-4)30-23(32)20(28-26(30)34)15-9-11-16(35-2)12-10-15/h5-14,20-21H,1-4H3,(H,28,34)(H,27,29,31)/t14-,20?,21-/m0/s1. The molecule has 11 nitrogen and oxygen atoms in total. The smallest absolute Gasteiger partial charge is 0.357 e. The van der Waals surface area contributed by atoms with E-state index in [2.05, 4.69) is 20.4 Å². The van der Waals surface area contributed by atoms with Gasteiger partial charge in [-0.2, -0.15) is 0 Å². The molecule has 1 aliphatic rings. The van der Waals surface area contributed by atoms with Gasteiger partial charge < -0.3 is 24.8 Å².